The van der Waals surface area contributed by atoms with Crippen molar-refractivity contribution in [1.29, 1.82) is 0 Å². The predicted molar refractivity (Wildman–Crippen MR) is 108 cm³/mol. The highest BCUT2D eigenvalue weighted by atomic mass is 16.5. The number of H-pyrrole nitrogens is 1. The highest BCUT2D eigenvalue weighted by Crippen LogP contribution is 2.19. The number of hydrogen-bond donors (Lipinski definition) is 2. The number of ketones is 1. The minimum Gasteiger partial charge on any atom is -0.448 e. The average Bonchev–Trinajstić information content (AvgIpc) is 2.95. The molecule has 0 spiro atoms. The van der Waals surface area contributed by atoms with Gasteiger partial charge in [-0.05, 0) is 58.6 Å². The Kier molecular flexibility index (Phi) is 7.15. The average molecular weight is 384 g/mol. The largest absolute Gasteiger partial charge is 0.448 e. The van der Waals surface area contributed by atoms with Gasteiger partial charge in [-0.15, -0.1) is 0 Å². The molecule has 0 aliphatic rings. The Morgan fingerprint density at radius 1 is 1.11 bits per heavy atom. The monoisotopic (exact) mass is 384 g/mol. The van der Waals surface area contributed by atoms with Crippen LogP contribution in [0.25, 0.3) is 0 Å². The molecule has 28 heavy (non-hydrogen) atoms. The smallest absolute Gasteiger partial charge is 0.355 e. The van der Waals surface area contributed by atoms with Crippen molar-refractivity contribution < 1.29 is 19.1 Å². The minimum atomic E-state index is -0.935. The van der Waals surface area contributed by atoms with Crippen LogP contribution in [0.2, 0.25) is 0 Å². The number of hydrogen-bond acceptors (Lipinski definition) is 4. The summed E-state index contributed by atoms with van der Waals surface area (Å²) in [7, 11) is 0. The van der Waals surface area contributed by atoms with Gasteiger partial charge in [0.2, 0.25) is 0 Å². The summed E-state index contributed by atoms with van der Waals surface area (Å²) < 4.78 is 5.30. The third-order valence-corrected chi connectivity index (χ3v) is 4.74. The molecule has 1 aromatic carbocycles. The first kappa shape index (κ1) is 21.4. The zero-order valence-electron chi connectivity index (χ0n) is 17.1. The van der Waals surface area contributed by atoms with Gasteiger partial charge in [-0.2, -0.15) is 0 Å². The Balaban J connectivity index is 1.90. The number of Topliss-reactive ketones (excluding diaryl/α,β-unsaturated/α-hetero) is 1. The van der Waals surface area contributed by atoms with Crippen molar-refractivity contribution in [2.45, 2.75) is 59.6 Å². The first-order valence-corrected chi connectivity index (χ1v) is 9.46. The Morgan fingerprint density at radius 3 is 2.32 bits per heavy atom. The lowest BCUT2D eigenvalue weighted by Crippen LogP contribution is -2.41. The van der Waals surface area contributed by atoms with Crippen molar-refractivity contribution >= 4 is 17.7 Å². The van der Waals surface area contributed by atoms with Crippen molar-refractivity contribution in [2.75, 3.05) is 0 Å². The summed E-state index contributed by atoms with van der Waals surface area (Å²) in [5.74, 6) is -1.11. The molecule has 0 aliphatic heterocycles. The molecule has 2 aromatic rings. The molecule has 1 aromatic heterocycles. The van der Waals surface area contributed by atoms with Crippen LogP contribution in [0, 0.1) is 13.8 Å². The first-order valence-electron chi connectivity index (χ1n) is 9.46. The number of ether oxygens (including phenoxy) is 1. The molecule has 0 fully saturated rings. The number of benzene rings is 1. The Labute approximate surface area is 165 Å². The number of rotatable bonds is 8. The molecule has 6 heteroatoms. The second-order valence-electron chi connectivity index (χ2n) is 7.16. The fourth-order valence-electron chi connectivity index (χ4n) is 3.22. The van der Waals surface area contributed by atoms with Crippen LogP contribution >= 0.6 is 0 Å². The van der Waals surface area contributed by atoms with Gasteiger partial charge in [-0.25, -0.2) is 4.79 Å². The Morgan fingerprint density at radius 2 is 1.75 bits per heavy atom. The molecule has 0 unspecified atom stereocenters. The number of esters is 1. The summed E-state index contributed by atoms with van der Waals surface area (Å²) >= 11 is 0. The van der Waals surface area contributed by atoms with Crippen LogP contribution in [0.3, 0.4) is 0 Å². The van der Waals surface area contributed by atoms with E-state index in [0.717, 1.165) is 12.8 Å². The van der Waals surface area contributed by atoms with Gasteiger partial charge in [0, 0.05) is 17.3 Å². The van der Waals surface area contributed by atoms with E-state index in [2.05, 4.69) is 22.4 Å². The van der Waals surface area contributed by atoms with Crippen molar-refractivity contribution in [3.05, 3.63) is 58.4 Å². The van der Waals surface area contributed by atoms with E-state index in [9.17, 15) is 14.4 Å². The minimum absolute atomic E-state index is 0.0485. The number of aromatic nitrogens is 1. The molecule has 0 aliphatic carbocycles. The van der Waals surface area contributed by atoms with Gasteiger partial charge in [-0.3, -0.25) is 9.59 Å². The zero-order valence-corrected chi connectivity index (χ0v) is 17.1. The molecule has 1 heterocycles. The predicted octanol–water partition coefficient (Wildman–Crippen LogP) is 3.52. The topological polar surface area (TPSA) is 88.3 Å². The third-order valence-electron chi connectivity index (χ3n) is 4.74. The van der Waals surface area contributed by atoms with Crippen molar-refractivity contribution in [3.8, 4) is 0 Å². The van der Waals surface area contributed by atoms with Crippen LogP contribution in [0.1, 0.15) is 64.9 Å². The molecule has 0 saturated heterocycles. The van der Waals surface area contributed by atoms with Crippen LogP contribution < -0.4 is 5.32 Å². The van der Waals surface area contributed by atoms with Crippen LogP contribution in [0.4, 0.5) is 0 Å². The molecule has 0 bridgehead atoms. The Bertz CT molecular complexity index is 855. The van der Waals surface area contributed by atoms with E-state index in [1.807, 2.05) is 25.1 Å². The lowest BCUT2D eigenvalue weighted by Gasteiger charge is -2.18. The Hall–Kier alpha value is -2.89. The summed E-state index contributed by atoms with van der Waals surface area (Å²) in [4.78, 5) is 39.4. The quantitative estimate of drug-likeness (QED) is 0.538. The maximum Gasteiger partial charge on any atom is 0.355 e. The molecular formula is C22H28N2O4. The number of nitrogens with one attached hydrogen (secondary N) is 2. The van der Waals surface area contributed by atoms with Gasteiger partial charge < -0.3 is 15.0 Å². The highest BCUT2D eigenvalue weighted by molar-refractivity contribution is 6.01. The van der Waals surface area contributed by atoms with Gasteiger partial charge in [0.1, 0.15) is 5.69 Å². The van der Waals surface area contributed by atoms with Gasteiger partial charge in [0.15, 0.2) is 11.9 Å². The van der Waals surface area contributed by atoms with Gasteiger partial charge in [0.05, 0.1) is 0 Å². The first-order chi connectivity index (χ1) is 13.2. The zero-order chi connectivity index (χ0) is 20.8. The summed E-state index contributed by atoms with van der Waals surface area (Å²) in [5.41, 5.74) is 3.06. The fraction of sp³-hybridized carbons (Fsp3) is 0.409. The molecule has 2 N–H and O–H groups in total. The second kappa shape index (κ2) is 9.35. The number of carbonyl (C=O) groups excluding carboxylic acids is 3. The standard InChI is InChI=1S/C22H28N2O4/c1-13(11-12-18-9-7-6-8-10-18)23-21(26)17(5)28-22(27)20-14(2)19(16(4)25)15(3)24-20/h6-10,13,17,24H,11-12H2,1-5H3,(H,23,26)/t13-,17+/m0/s1. The maximum absolute atomic E-state index is 12.4. The molecular weight excluding hydrogens is 356 g/mol. The summed E-state index contributed by atoms with van der Waals surface area (Å²) in [5, 5.41) is 2.88. The number of amides is 1. The maximum atomic E-state index is 12.4. The van der Waals surface area contributed by atoms with E-state index in [0.29, 0.717) is 16.8 Å². The van der Waals surface area contributed by atoms with E-state index >= 15 is 0 Å². The number of aryl methyl sites for hydroxylation is 2. The lowest BCUT2D eigenvalue weighted by atomic mass is 10.1. The normalized spacial score (nSPS) is 12.9. The van der Waals surface area contributed by atoms with Crippen molar-refractivity contribution in [2.24, 2.45) is 0 Å². The molecule has 0 radical (unpaired) electrons. The van der Waals surface area contributed by atoms with E-state index in [4.69, 9.17) is 4.74 Å². The van der Waals surface area contributed by atoms with E-state index in [1.54, 1.807) is 13.8 Å². The molecule has 2 atom stereocenters. The molecule has 150 valence electrons. The number of aromatic amines is 1. The van der Waals surface area contributed by atoms with E-state index in [-0.39, 0.29) is 23.4 Å². The van der Waals surface area contributed by atoms with E-state index in [1.165, 1.54) is 19.4 Å². The number of carbonyl (C=O) groups is 3. The van der Waals surface area contributed by atoms with Crippen molar-refractivity contribution in [1.82, 2.24) is 10.3 Å². The van der Waals surface area contributed by atoms with Crippen LogP contribution in [0.5, 0.6) is 0 Å². The molecule has 6 nitrogen and oxygen atoms in total. The second-order valence-corrected chi connectivity index (χ2v) is 7.16. The summed E-state index contributed by atoms with van der Waals surface area (Å²) in [6.07, 6.45) is 0.703. The van der Waals surface area contributed by atoms with E-state index < -0.39 is 12.1 Å². The highest BCUT2D eigenvalue weighted by Gasteiger charge is 2.25. The van der Waals surface area contributed by atoms with Crippen molar-refractivity contribution in [3.63, 3.8) is 0 Å². The van der Waals surface area contributed by atoms with Crippen LogP contribution in [-0.2, 0) is 16.0 Å². The van der Waals surface area contributed by atoms with Gasteiger partial charge in [0.25, 0.3) is 5.91 Å². The molecule has 0 saturated carbocycles. The fourth-order valence-corrected chi connectivity index (χ4v) is 3.22. The van der Waals surface area contributed by atoms with Gasteiger partial charge >= 0.3 is 5.97 Å². The third kappa shape index (κ3) is 5.31. The van der Waals surface area contributed by atoms with Crippen LogP contribution in [0.15, 0.2) is 30.3 Å². The molecule has 2 rings (SSSR count). The SMILES string of the molecule is CC(=O)c1c(C)[nH]c(C(=O)O[C@H](C)C(=O)N[C@@H](C)CCc2ccccc2)c1C. The summed E-state index contributed by atoms with van der Waals surface area (Å²) in [6, 6.07) is 10.00. The molecule has 1 amide bonds. The van der Waals surface area contributed by atoms with Crippen LogP contribution in [-0.4, -0.2) is 34.8 Å². The van der Waals surface area contributed by atoms with Gasteiger partial charge in [-0.1, -0.05) is 30.3 Å². The summed E-state index contributed by atoms with van der Waals surface area (Å²) in [6.45, 7) is 8.32. The lowest BCUT2D eigenvalue weighted by molar-refractivity contribution is -0.129.